The minimum Gasteiger partial charge on any atom is -0.379 e. The highest BCUT2D eigenvalue weighted by atomic mass is 79.9. The number of rotatable bonds is 3. The third-order valence-corrected chi connectivity index (χ3v) is 8.21. The van der Waals surface area contributed by atoms with Gasteiger partial charge in [-0.2, -0.15) is 0 Å². The molecule has 4 saturated carbocycles. The van der Waals surface area contributed by atoms with Gasteiger partial charge in [-0.1, -0.05) is 28.1 Å². The Hall–Kier alpha value is -1.09. The Morgan fingerprint density at radius 3 is 2.37 bits per heavy atom. The minimum absolute atomic E-state index is 0.0174. The van der Waals surface area contributed by atoms with E-state index in [2.05, 4.69) is 53.3 Å². The third-order valence-electron chi connectivity index (χ3n) is 7.56. The van der Waals surface area contributed by atoms with Gasteiger partial charge in [-0.25, -0.2) is 0 Å². The predicted octanol–water partition coefficient (Wildman–Crippen LogP) is 5.63. The molecule has 1 aromatic carbocycles. The van der Waals surface area contributed by atoms with Crippen LogP contribution in [-0.4, -0.2) is 11.3 Å². The van der Waals surface area contributed by atoms with Gasteiger partial charge >= 0.3 is 0 Å². The molecule has 1 heterocycles. The molecule has 0 aromatic heterocycles. The minimum atomic E-state index is -0.0573. The summed E-state index contributed by atoms with van der Waals surface area (Å²) in [4.78, 5) is 13.6. The van der Waals surface area contributed by atoms with Crippen LogP contribution in [0, 0.1) is 23.2 Å². The molecular formula is C24H30BrNO. The van der Waals surface area contributed by atoms with E-state index < -0.39 is 0 Å². The molecule has 4 fully saturated rings. The monoisotopic (exact) mass is 427 g/mol. The van der Waals surface area contributed by atoms with E-state index in [1.807, 2.05) is 6.08 Å². The second-order valence-electron chi connectivity index (χ2n) is 10.4. The maximum atomic E-state index is 13.6. The molecule has 0 radical (unpaired) electrons. The van der Waals surface area contributed by atoms with Gasteiger partial charge in [-0.15, -0.1) is 0 Å². The van der Waals surface area contributed by atoms with Crippen LogP contribution in [-0.2, 0) is 16.5 Å². The summed E-state index contributed by atoms with van der Waals surface area (Å²) in [5, 5.41) is 4.54. The fraction of sp³-hybridized carbons (Fsp3) is 0.625. The Bertz CT molecular complexity index is 786. The van der Waals surface area contributed by atoms with Gasteiger partial charge in [0.2, 0.25) is 0 Å². The number of ketones is 1. The lowest BCUT2D eigenvalue weighted by Crippen LogP contribution is -2.50. The van der Waals surface area contributed by atoms with Crippen molar-refractivity contribution < 1.29 is 4.79 Å². The van der Waals surface area contributed by atoms with Crippen LogP contribution >= 0.6 is 15.9 Å². The summed E-state index contributed by atoms with van der Waals surface area (Å²) in [6.45, 7) is 4.47. The highest BCUT2D eigenvalue weighted by Gasteiger charge is 2.54. The molecule has 1 aliphatic heterocycles. The van der Waals surface area contributed by atoms with E-state index in [4.69, 9.17) is 0 Å². The number of hydrogen-bond donors (Lipinski definition) is 1. The Morgan fingerprint density at radius 1 is 1.15 bits per heavy atom. The maximum absolute atomic E-state index is 13.6. The standard InChI is InChI=1S/C24H30BrNO/c1-23(2)13-19-4-3-15(14-25)8-20(19)21(26-23)9-22(27)24-10-16-5-17(11-24)7-18(6-16)12-24/h3-4,8-9,16-18,26H,5-7,10-14H2,1-2H3/b21-9-. The lowest BCUT2D eigenvalue weighted by molar-refractivity contribution is -0.138. The lowest BCUT2D eigenvalue weighted by Gasteiger charge is -2.55. The van der Waals surface area contributed by atoms with Crippen LogP contribution < -0.4 is 5.32 Å². The summed E-state index contributed by atoms with van der Waals surface area (Å²) in [6.07, 6.45) is 10.5. The topological polar surface area (TPSA) is 29.1 Å². The van der Waals surface area contributed by atoms with Crippen molar-refractivity contribution in [3.05, 3.63) is 41.0 Å². The van der Waals surface area contributed by atoms with Crippen LogP contribution in [0.5, 0.6) is 0 Å². The normalized spacial score (nSPS) is 37.1. The number of benzene rings is 1. The molecule has 4 aliphatic carbocycles. The van der Waals surface area contributed by atoms with E-state index in [1.165, 1.54) is 36.0 Å². The second kappa shape index (κ2) is 6.20. The van der Waals surface area contributed by atoms with Crippen LogP contribution in [0.1, 0.15) is 69.1 Å². The van der Waals surface area contributed by atoms with Crippen molar-refractivity contribution in [2.75, 3.05) is 0 Å². The van der Waals surface area contributed by atoms with Crippen molar-refractivity contribution in [1.82, 2.24) is 5.32 Å². The molecule has 5 aliphatic rings. The number of alkyl halides is 1. The fourth-order valence-corrected chi connectivity index (χ4v) is 7.22. The Balaban J connectivity index is 1.52. The van der Waals surface area contributed by atoms with E-state index in [9.17, 15) is 4.79 Å². The van der Waals surface area contributed by atoms with Gasteiger partial charge in [0.05, 0.1) is 0 Å². The molecule has 1 N–H and O–H groups in total. The number of nitrogens with one attached hydrogen (secondary N) is 1. The smallest absolute Gasteiger partial charge is 0.163 e. The summed E-state index contributed by atoms with van der Waals surface area (Å²) in [6, 6.07) is 6.70. The van der Waals surface area contributed by atoms with Crippen LogP contribution in [0.3, 0.4) is 0 Å². The number of carbonyl (C=O) groups is 1. The molecule has 0 saturated heterocycles. The van der Waals surface area contributed by atoms with E-state index in [0.29, 0.717) is 5.78 Å². The SMILES string of the molecule is CC1(C)Cc2ccc(CBr)cc2/C(=C/C(=O)C23CC4CC(CC(C4)C2)C3)N1. The first-order chi connectivity index (χ1) is 12.9. The second-order valence-corrected chi connectivity index (χ2v) is 11.0. The molecule has 0 unspecified atom stereocenters. The van der Waals surface area contributed by atoms with Crippen molar-refractivity contribution in [1.29, 1.82) is 0 Å². The summed E-state index contributed by atoms with van der Waals surface area (Å²) >= 11 is 3.58. The van der Waals surface area contributed by atoms with Crippen molar-refractivity contribution >= 4 is 27.4 Å². The zero-order chi connectivity index (χ0) is 18.8. The number of carbonyl (C=O) groups excluding carboxylic acids is 1. The number of hydrogen-bond acceptors (Lipinski definition) is 2. The molecule has 0 amide bonds. The first-order valence-electron chi connectivity index (χ1n) is 10.6. The predicted molar refractivity (Wildman–Crippen MR) is 114 cm³/mol. The van der Waals surface area contributed by atoms with Gasteiger partial charge in [-0.3, -0.25) is 4.79 Å². The molecular weight excluding hydrogens is 398 g/mol. The first-order valence-corrected chi connectivity index (χ1v) is 11.7. The van der Waals surface area contributed by atoms with Crippen molar-refractivity contribution in [2.45, 2.75) is 69.7 Å². The van der Waals surface area contributed by atoms with Gasteiger partial charge in [0.25, 0.3) is 0 Å². The molecule has 3 heteroatoms. The van der Waals surface area contributed by atoms with Crippen molar-refractivity contribution in [3.63, 3.8) is 0 Å². The largest absolute Gasteiger partial charge is 0.379 e. The fourth-order valence-electron chi connectivity index (χ4n) is 6.87. The molecule has 2 nitrogen and oxygen atoms in total. The summed E-state index contributed by atoms with van der Waals surface area (Å²) in [5.74, 6) is 2.82. The van der Waals surface area contributed by atoms with Gasteiger partial charge in [-0.05, 0) is 93.7 Å². The summed E-state index contributed by atoms with van der Waals surface area (Å²) in [5.41, 5.74) is 4.82. The molecule has 0 spiro atoms. The highest BCUT2D eigenvalue weighted by molar-refractivity contribution is 9.08. The molecule has 0 atom stereocenters. The lowest BCUT2D eigenvalue weighted by atomic mass is 9.48. The average molecular weight is 428 g/mol. The summed E-state index contributed by atoms with van der Waals surface area (Å²) in [7, 11) is 0. The van der Waals surface area contributed by atoms with Gasteiger partial charge < -0.3 is 5.32 Å². The molecule has 4 bridgehead atoms. The van der Waals surface area contributed by atoms with Crippen LogP contribution in [0.2, 0.25) is 0 Å². The Labute approximate surface area is 171 Å². The van der Waals surface area contributed by atoms with Gasteiger partial charge in [0, 0.05) is 33.6 Å². The van der Waals surface area contributed by atoms with E-state index in [1.54, 1.807) is 0 Å². The van der Waals surface area contributed by atoms with Crippen LogP contribution in [0.15, 0.2) is 24.3 Å². The number of halogens is 1. The van der Waals surface area contributed by atoms with E-state index in [-0.39, 0.29) is 11.0 Å². The zero-order valence-electron chi connectivity index (χ0n) is 16.5. The molecule has 27 heavy (non-hydrogen) atoms. The Kier molecular flexibility index (Phi) is 4.13. The first kappa shape index (κ1) is 18.0. The maximum Gasteiger partial charge on any atom is 0.163 e. The van der Waals surface area contributed by atoms with Crippen molar-refractivity contribution in [2.24, 2.45) is 23.2 Å². The average Bonchev–Trinajstić information content (AvgIpc) is 2.59. The Morgan fingerprint density at radius 2 is 1.78 bits per heavy atom. The zero-order valence-corrected chi connectivity index (χ0v) is 18.1. The summed E-state index contributed by atoms with van der Waals surface area (Å²) < 4.78 is 0. The highest BCUT2D eigenvalue weighted by Crippen LogP contribution is 2.60. The van der Waals surface area contributed by atoms with Crippen LogP contribution in [0.25, 0.3) is 5.70 Å². The molecule has 1 aromatic rings. The van der Waals surface area contributed by atoms with Gasteiger partial charge in [0.15, 0.2) is 5.78 Å². The van der Waals surface area contributed by atoms with E-state index in [0.717, 1.165) is 54.5 Å². The quantitative estimate of drug-likeness (QED) is 0.499. The number of allylic oxidation sites excluding steroid dienone is 1. The molecule has 6 rings (SSSR count). The molecule has 144 valence electrons. The van der Waals surface area contributed by atoms with Gasteiger partial charge in [0.1, 0.15) is 0 Å². The van der Waals surface area contributed by atoms with Crippen LogP contribution in [0.4, 0.5) is 0 Å². The van der Waals surface area contributed by atoms with E-state index >= 15 is 0 Å². The number of fused-ring (bicyclic) bond motifs is 1. The third kappa shape index (κ3) is 3.10. The van der Waals surface area contributed by atoms with Crippen molar-refractivity contribution in [3.8, 4) is 0 Å².